The summed E-state index contributed by atoms with van der Waals surface area (Å²) in [5, 5.41) is 8.72. The van der Waals surface area contributed by atoms with E-state index in [4.69, 9.17) is 15.6 Å². The number of aromatic carboxylic acids is 1. The first-order valence-electron chi connectivity index (χ1n) is 6.02. The maximum absolute atomic E-state index is 13.5. The van der Waals surface area contributed by atoms with Crippen LogP contribution in [-0.4, -0.2) is 17.0 Å². The third kappa shape index (κ3) is 3.56. The fourth-order valence-electron chi connectivity index (χ4n) is 1.69. The number of amides is 1. The summed E-state index contributed by atoms with van der Waals surface area (Å²) in [6.07, 6.45) is 0. The molecule has 0 aliphatic rings. The molecule has 0 radical (unpaired) electrons. The Hall–Kier alpha value is -2.89. The van der Waals surface area contributed by atoms with Crippen molar-refractivity contribution < 1.29 is 23.8 Å². The van der Waals surface area contributed by atoms with Gasteiger partial charge in [0.1, 0.15) is 18.2 Å². The van der Waals surface area contributed by atoms with E-state index in [9.17, 15) is 14.0 Å². The Kier molecular flexibility index (Phi) is 4.18. The summed E-state index contributed by atoms with van der Waals surface area (Å²) in [7, 11) is 0. The molecule has 0 saturated heterocycles. The molecule has 0 saturated carbocycles. The van der Waals surface area contributed by atoms with E-state index >= 15 is 0 Å². The summed E-state index contributed by atoms with van der Waals surface area (Å²) in [5.41, 5.74) is 5.87. The van der Waals surface area contributed by atoms with Gasteiger partial charge in [-0.1, -0.05) is 12.1 Å². The van der Waals surface area contributed by atoms with E-state index in [1.165, 1.54) is 6.07 Å². The van der Waals surface area contributed by atoms with Gasteiger partial charge in [-0.05, 0) is 29.8 Å². The van der Waals surface area contributed by atoms with Crippen molar-refractivity contribution in [1.82, 2.24) is 0 Å². The molecule has 0 aliphatic heterocycles. The molecule has 2 rings (SSSR count). The van der Waals surface area contributed by atoms with Gasteiger partial charge in [-0.2, -0.15) is 0 Å². The zero-order valence-corrected chi connectivity index (χ0v) is 10.9. The van der Waals surface area contributed by atoms with Gasteiger partial charge < -0.3 is 15.6 Å². The highest BCUT2D eigenvalue weighted by molar-refractivity contribution is 5.92. The first-order chi connectivity index (χ1) is 9.97. The highest BCUT2D eigenvalue weighted by Gasteiger charge is 2.10. The van der Waals surface area contributed by atoms with Crippen LogP contribution in [0.15, 0.2) is 42.5 Å². The van der Waals surface area contributed by atoms with Crippen LogP contribution in [0.4, 0.5) is 4.39 Å². The van der Waals surface area contributed by atoms with Crippen molar-refractivity contribution in [1.29, 1.82) is 0 Å². The van der Waals surface area contributed by atoms with Crippen LogP contribution in [0.3, 0.4) is 0 Å². The van der Waals surface area contributed by atoms with Crippen LogP contribution in [0.5, 0.6) is 5.75 Å². The highest BCUT2D eigenvalue weighted by Crippen LogP contribution is 2.18. The highest BCUT2D eigenvalue weighted by atomic mass is 19.1. The molecule has 21 heavy (non-hydrogen) atoms. The number of ether oxygens (including phenoxy) is 1. The number of rotatable bonds is 5. The lowest BCUT2D eigenvalue weighted by Gasteiger charge is -2.07. The van der Waals surface area contributed by atoms with Gasteiger partial charge in [0.15, 0.2) is 0 Å². The average Bonchev–Trinajstić information content (AvgIpc) is 2.45. The van der Waals surface area contributed by atoms with Crippen LogP contribution in [0.1, 0.15) is 26.3 Å². The van der Waals surface area contributed by atoms with Crippen molar-refractivity contribution in [2.24, 2.45) is 5.73 Å². The molecule has 108 valence electrons. The van der Waals surface area contributed by atoms with Gasteiger partial charge >= 0.3 is 5.97 Å². The fraction of sp³-hybridized carbons (Fsp3) is 0.0667. The zero-order chi connectivity index (χ0) is 15.4. The van der Waals surface area contributed by atoms with Crippen molar-refractivity contribution in [3.05, 3.63) is 65.0 Å². The number of carbonyl (C=O) groups excluding carboxylic acids is 1. The average molecular weight is 289 g/mol. The lowest BCUT2D eigenvalue weighted by Crippen LogP contribution is -2.10. The zero-order valence-electron chi connectivity index (χ0n) is 10.9. The van der Waals surface area contributed by atoms with Crippen LogP contribution in [0.25, 0.3) is 0 Å². The number of carboxylic acid groups (broad SMARTS) is 1. The first kappa shape index (κ1) is 14.5. The standard InChI is InChI=1S/C15H12FNO4/c16-13-7-11(5-6-12(13)15(19)20)21-8-9-1-3-10(4-2-9)14(17)18/h1-7H,8H2,(H2,17,18)(H,19,20). The third-order valence-electron chi connectivity index (χ3n) is 2.81. The van der Waals surface area contributed by atoms with Gasteiger partial charge in [-0.3, -0.25) is 4.79 Å². The summed E-state index contributed by atoms with van der Waals surface area (Å²) in [4.78, 5) is 21.6. The van der Waals surface area contributed by atoms with Crippen LogP contribution in [-0.2, 0) is 6.61 Å². The molecular formula is C15H12FNO4. The molecule has 3 N–H and O–H groups in total. The Morgan fingerprint density at radius 2 is 1.81 bits per heavy atom. The van der Waals surface area contributed by atoms with Crippen molar-refractivity contribution in [3.63, 3.8) is 0 Å². The molecule has 2 aromatic rings. The predicted octanol–water partition coefficient (Wildman–Crippen LogP) is 2.20. The van der Waals surface area contributed by atoms with Gasteiger partial charge in [0.25, 0.3) is 0 Å². The second kappa shape index (κ2) is 6.04. The normalized spacial score (nSPS) is 10.1. The summed E-state index contributed by atoms with van der Waals surface area (Å²) < 4.78 is 18.8. The molecule has 0 spiro atoms. The van der Waals surface area contributed by atoms with Crippen LogP contribution < -0.4 is 10.5 Å². The molecular weight excluding hydrogens is 277 g/mol. The number of benzene rings is 2. The Balaban J connectivity index is 2.04. The topological polar surface area (TPSA) is 89.6 Å². The van der Waals surface area contributed by atoms with E-state index < -0.39 is 23.3 Å². The largest absolute Gasteiger partial charge is 0.489 e. The van der Waals surface area contributed by atoms with Gasteiger partial charge in [-0.15, -0.1) is 0 Å². The first-order valence-corrected chi connectivity index (χ1v) is 6.02. The van der Waals surface area contributed by atoms with Crippen molar-refractivity contribution in [2.75, 3.05) is 0 Å². The summed E-state index contributed by atoms with van der Waals surface area (Å²) in [5.74, 6) is -2.49. The molecule has 6 heteroatoms. The van der Waals surface area contributed by atoms with Crippen LogP contribution in [0.2, 0.25) is 0 Å². The minimum Gasteiger partial charge on any atom is -0.489 e. The maximum atomic E-state index is 13.5. The number of primary amides is 1. The second-order valence-electron chi connectivity index (χ2n) is 4.30. The number of carbonyl (C=O) groups is 2. The molecule has 0 aromatic heterocycles. The molecule has 0 atom stereocenters. The molecule has 0 bridgehead atoms. The Morgan fingerprint density at radius 3 is 2.33 bits per heavy atom. The monoisotopic (exact) mass is 289 g/mol. The van der Waals surface area contributed by atoms with E-state index in [2.05, 4.69) is 0 Å². The lowest BCUT2D eigenvalue weighted by atomic mass is 10.1. The van der Waals surface area contributed by atoms with E-state index in [0.29, 0.717) is 5.56 Å². The number of hydrogen-bond acceptors (Lipinski definition) is 3. The number of halogens is 1. The Morgan fingerprint density at radius 1 is 1.14 bits per heavy atom. The second-order valence-corrected chi connectivity index (χ2v) is 4.30. The molecule has 2 aromatic carbocycles. The molecule has 0 heterocycles. The number of nitrogens with two attached hydrogens (primary N) is 1. The van der Waals surface area contributed by atoms with Gasteiger partial charge in [-0.25, -0.2) is 9.18 Å². The van der Waals surface area contributed by atoms with E-state index in [1.54, 1.807) is 24.3 Å². The fourth-order valence-corrected chi connectivity index (χ4v) is 1.69. The van der Waals surface area contributed by atoms with Gasteiger partial charge in [0.05, 0.1) is 5.56 Å². The van der Waals surface area contributed by atoms with E-state index in [-0.39, 0.29) is 12.4 Å². The van der Waals surface area contributed by atoms with Gasteiger partial charge in [0, 0.05) is 11.6 Å². The third-order valence-corrected chi connectivity index (χ3v) is 2.81. The number of carboxylic acids is 1. The molecule has 0 aliphatic carbocycles. The molecule has 5 nitrogen and oxygen atoms in total. The predicted molar refractivity (Wildman–Crippen MR) is 72.7 cm³/mol. The summed E-state index contributed by atoms with van der Waals surface area (Å²) in [6, 6.07) is 10.0. The SMILES string of the molecule is NC(=O)c1ccc(COc2ccc(C(=O)O)c(F)c2)cc1. The smallest absolute Gasteiger partial charge is 0.338 e. The maximum Gasteiger partial charge on any atom is 0.338 e. The minimum absolute atomic E-state index is 0.158. The van der Waals surface area contributed by atoms with Crippen molar-refractivity contribution in [3.8, 4) is 5.75 Å². The minimum atomic E-state index is -1.33. The Bertz CT molecular complexity index is 683. The molecule has 0 unspecified atom stereocenters. The van der Waals surface area contributed by atoms with Crippen LogP contribution >= 0.6 is 0 Å². The lowest BCUT2D eigenvalue weighted by molar-refractivity contribution is 0.0691. The molecule has 1 amide bonds. The molecule has 0 fully saturated rings. The van der Waals surface area contributed by atoms with Gasteiger partial charge in [0.2, 0.25) is 5.91 Å². The summed E-state index contributed by atoms with van der Waals surface area (Å²) >= 11 is 0. The summed E-state index contributed by atoms with van der Waals surface area (Å²) in [6.45, 7) is 0.158. The van der Waals surface area contributed by atoms with E-state index in [0.717, 1.165) is 17.7 Å². The van der Waals surface area contributed by atoms with Crippen molar-refractivity contribution in [2.45, 2.75) is 6.61 Å². The van der Waals surface area contributed by atoms with E-state index in [1.807, 2.05) is 0 Å². The van der Waals surface area contributed by atoms with Crippen molar-refractivity contribution >= 4 is 11.9 Å². The quantitative estimate of drug-likeness (QED) is 0.883. The van der Waals surface area contributed by atoms with Crippen LogP contribution in [0, 0.1) is 5.82 Å². The Labute approximate surface area is 119 Å². The number of hydrogen-bond donors (Lipinski definition) is 2.